The zero-order valence-corrected chi connectivity index (χ0v) is 18.9. The maximum absolute atomic E-state index is 13.8. The Morgan fingerprint density at radius 1 is 0.971 bits per heavy atom. The predicted octanol–water partition coefficient (Wildman–Crippen LogP) is 5.22. The first-order valence-electron chi connectivity index (χ1n) is 11.9. The van der Waals surface area contributed by atoms with E-state index in [4.69, 9.17) is 0 Å². The summed E-state index contributed by atoms with van der Waals surface area (Å²) in [6.07, 6.45) is -4.14. The summed E-state index contributed by atoms with van der Waals surface area (Å²) in [4.78, 5) is 15.5. The molecule has 1 atom stereocenters. The van der Waals surface area contributed by atoms with Gasteiger partial charge in [0.2, 0.25) is 5.91 Å². The van der Waals surface area contributed by atoms with Crippen LogP contribution in [-0.4, -0.2) is 49.2 Å². The Kier molecular flexibility index (Phi) is 7.21. The molecule has 2 heterocycles. The molecule has 1 amide bonds. The highest BCUT2D eigenvalue weighted by molar-refractivity contribution is 5.81. The van der Waals surface area contributed by atoms with Crippen LogP contribution in [0, 0.1) is 0 Å². The lowest BCUT2D eigenvalue weighted by molar-refractivity contribution is -0.142. The van der Waals surface area contributed by atoms with E-state index >= 15 is 0 Å². The molecule has 2 fully saturated rings. The molecule has 11 heteroatoms. The Morgan fingerprint density at radius 2 is 1.68 bits per heavy atom. The molecule has 190 valence electrons. The molecule has 0 bridgehead atoms. The summed E-state index contributed by atoms with van der Waals surface area (Å²) < 4.78 is 82.2. The number of nitrogens with one attached hydrogen (secondary N) is 2. The van der Waals surface area contributed by atoms with Crippen molar-refractivity contribution in [2.45, 2.75) is 75.9 Å². The molecule has 1 unspecified atom stereocenters. The fourth-order valence-corrected chi connectivity index (χ4v) is 5.33. The fraction of sp³-hybridized carbons (Fsp3) is 0.696. The van der Waals surface area contributed by atoms with Crippen LogP contribution in [0.1, 0.15) is 62.5 Å². The summed E-state index contributed by atoms with van der Waals surface area (Å²) in [5.41, 5.74) is -2.85. The third-order valence-corrected chi connectivity index (χ3v) is 6.99. The largest absolute Gasteiger partial charge is 0.418 e. The fourth-order valence-electron chi connectivity index (χ4n) is 5.33. The van der Waals surface area contributed by atoms with Gasteiger partial charge in [-0.2, -0.15) is 26.3 Å². The van der Waals surface area contributed by atoms with Crippen molar-refractivity contribution in [2.75, 3.05) is 36.4 Å². The van der Waals surface area contributed by atoms with Crippen LogP contribution in [0.5, 0.6) is 0 Å². The van der Waals surface area contributed by atoms with E-state index in [9.17, 15) is 31.1 Å². The Hall–Kier alpha value is -2.17. The second-order valence-electron chi connectivity index (χ2n) is 9.33. The van der Waals surface area contributed by atoms with Crippen molar-refractivity contribution in [3.63, 3.8) is 0 Å². The molecule has 1 aromatic rings. The standard InChI is InChI=1S/C23H30F6N4O/c24-22(25,26)15-12-17(23(27,28)29)21-18(13-15)33(16-6-3-1-2-4-7-16)19(31-21)8-5-10-32-11-9-30-14-20(32)34/h12-13,16,19,30-31H,1-11,14H2. The van der Waals surface area contributed by atoms with E-state index in [0.717, 1.165) is 44.6 Å². The van der Waals surface area contributed by atoms with Gasteiger partial charge in [0.05, 0.1) is 35.2 Å². The number of alkyl halides is 6. The maximum atomic E-state index is 13.8. The molecular formula is C23H30F6N4O. The van der Waals surface area contributed by atoms with Crippen LogP contribution in [0.3, 0.4) is 0 Å². The zero-order chi connectivity index (χ0) is 24.5. The number of halogens is 6. The minimum absolute atomic E-state index is 0.0164. The number of fused-ring (bicyclic) bond motifs is 1. The molecule has 0 radical (unpaired) electrons. The maximum Gasteiger partial charge on any atom is 0.418 e. The number of rotatable bonds is 5. The first kappa shape index (κ1) is 24.9. The Balaban J connectivity index is 1.64. The van der Waals surface area contributed by atoms with Crippen LogP contribution >= 0.6 is 0 Å². The number of hydrogen-bond donors (Lipinski definition) is 2. The van der Waals surface area contributed by atoms with Gasteiger partial charge in [0.1, 0.15) is 0 Å². The van der Waals surface area contributed by atoms with E-state index in [1.165, 1.54) is 0 Å². The Morgan fingerprint density at radius 3 is 2.29 bits per heavy atom. The summed E-state index contributed by atoms with van der Waals surface area (Å²) in [6.45, 7) is 1.98. The van der Waals surface area contributed by atoms with E-state index in [1.54, 1.807) is 9.80 Å². The first-order chi connectivity index (χ1) is 16.1. The van der Waals surface area contributed by atoms with Crippen LogP contribution in [0.2, 0.25) is 0 Å². The highest BCUT2D eigenvalue weighted by Gasteiger charge is 2.45. The second-order valence-corrected chi connectivity index (χ2v) is 9.33. The van der Waals surface area contributed by atoms with Gasteiger partial charge in [-0.3, -0.25) is 4.79 Å². The molecule has 4 rings (SSSR count). The molecule has 3 aliphatic rings. The van der Waals surface area contributed by atoms with Crippen molar-refractivity contribution < 1.29 is 31.1 Å². The van der Waals surface area contributed by atoms with Gasteiger partial charge >= 0.3 is 12.4 Å². The highest BCUT2D eigenvalue weighted by atomic mass is 19.4. The number of carbonyl (C=O) groups excluding carboxylic acids is 1. The summed E-state index contributed by atoms with van der Waals surface area (Å²) in [7, 11) is 0. The van der Waals surface area contributed by atoms with Gasteiger partial charge in [-0.15, -0.1) is 0 Å². The van der Waals surface area contributed by atoms with Gasteiger partial charge in [0, 0.05) is 25.7 Å². The molecule has 0 spiro atoms. The van der Waals surface area contributed by atoms with E-state index in [0.29, 0.717) is 32.5 Å². The number of carbonyl (C=O) groups is 1. The smallest absolute Gasteiger partial charge is 0.363 e. The molecule has 34 heavy (non-hydrogen) atoms. The Bertz CT molecular complexity index is 879. The lowest BCUT2D eigenvalue weighted by Gasteiger charge is -2.35. The SMILES string of the molecule is O=C1CNCCN1CCCC1Nc2c(cc(C(F)(F)F)cc2C(F)(F)F)N1C1CCCCCC1. The number of anilines is 2. The normalized spacial score (nSPS) is 22.5. The van der Waals surface area contributed by atoms with Crippen LogP contribution in [0.4, 0.5) is 37.7 Å². The molecule has 2 aliphatic heterocycles. The van der Waals surface area contributed by atoms with E-state index in [1.807, 2.05) is 0 Å². The van der Waals surface area contributed by atoms with Crippen molar-refractivity contribution in [3.05, 3.63) is 23.3 Å². The quantitative estimate of drug-likeness (QED) is 0.437. The van der Waals surface area contributed by atoms with Crippen LogP contribution in [-0.2, 0) is 17.1 Å². The van der Waals surface area contributed by atoms with Crippen molar-refractivity contribution in [2.24, 2.45) is 0 Å². The van der Waals surface area contributed by atoms with Crippen LogP contribution in [0.15, 0.2) is 12.1 Å². The minimum atomic E-state index is -4.92. The second kappa shape index (κ2) is 9.83. The Labute approximate surface area is 194 Å². The minimum Gasteiger partial charge on any atom is -0.363 e. The van der Waals surface area contributed by atoms with Gasteiger partial charge in [0.25, 0.3) is 0 Å². The van der Waals surface area contributed by atoms with Crippen molar-refractivity contribution >= 4 is 17.3 Å². The molecule has 1 saturated carbocycles. The highest BCUT2D eigenvalue weighted by Crippen LogP contribution is 2.49. The van der Waals surface area contributed by atoms with Gasteiger partial charge in [-0.05, 0) is 37.8 Å². The molecule has 1 saturated heterocycles. The lowest BCUT2D eigenvalue weighted by Crippen LogP contribution is -2.48. The topological polar surface area (TPSA) is 47.6 Å². The molecule has 5 nitrogen and oxygen atoms in total. The van der Waals surface area contributed by atoms with Gasteiger partial charge < -0.3 is 20.4 Å². The third-order valence-electron chi connectivity index (χ3n) is 6.99. The van der Waals surface area contributed by atoms with Crippen LogP contribution in [0.25, 0.3) is 0 Å². The van der Waals surface area contributed by atoms with Gasteiger partial charge in [-0.25, -0.2) is 0 Å². The first-order valence-corrected chi connectivity index (χ1v) is 11.9. The van der Waals surface area contributed by atoms with Crippen molar-refractivity contribution in [1.82, 2.24) is 10.2 Å². The molecule has 2 N–H and O–H groups in total. The number of amides is 1. The molecule has 1 aliphatic carbocycles. The number of hydrogen-bond acceptors (Lipinski definition) is 4. The zero-order valence-electron chi connectivity index (χ0n) is 18.9. The average Bonchev–Trinajstić information content (AvgIpc) is 2.92. The van der Waals surface area contributed by atoms with Crippen molar-refractivity contribution in [1.29, 1.82) is 0 Å². The van der Waals surface area contributed by atoms with E-state index in [-0.39, 0.29) is 35.9 Å². The molecular weight excluding hydrogens is 462 g/mol. The molecule has 1 aromatic carbocycles. The monoisotopic (exact) mass is 492 g/mol. The van der Waals surface area contributed by atoms with E-state index in [2.05, 4.69) is 10.6 Å². The third kappa shape index (κ3) is 5.39. The average molecular weight is 493 g/mol. The van der Waals surface area contributed by atoms with Gasteiger partial charge in [-0.1, -0.05) is 25.7 Å². The number of piperazine rings is 1. The predicted molar refractivity (Wildman–Crippen MR) is 117 cm³/mol. The summed E-state index contributed by atoms with van der Waals surface area (Å²) in [5, 5.41) is 5.92. The summed E-state index contributed by atoms with van der Waals surface area (Å²) in [5.74, 6) is -0.0243. The number of benzene rings is 1. The number of nitrogens with zero attached hydrogens (tertiary/aromatic N) is 2. The molecule has 0 aromatic heterocycles. The summed E-state index contributed by atoms with van der Waals surface area (Å²) >= 11 is 0. The van der Waals surface area contributed by atoms with E-state index < -0.39 is 29.6 Å². The van der Waals surface area contributed by atoms with Crippen LogP contribution < -0.4 is 15.5 Å². The summed E-state index contributed by atoms with van der Waals surface area (Å²) in [6, 6.07) is 0.938. The van der Waals surface area contributed by atoms with Crippen molar-refractivity contribution in [3.8, 4) is 0 Å². The lowest BCUT2D eigenvalue weighted by atomic mass is 10.0. The van der Waals surface area contributed by atoms with Gasteiger partial charge in [0.15, 0.2) is 0 Å².